The molecule has 1 aliphatic rings. The molecule has 1 fully saturated rings. The molecule has 0 unspecified atom stereocenters. The van der Waals surface area contributed by atoms with Crippen LogP contribution in [0.3, 0.4) is 0 Å². The first-order chi connectivity index (χ1) is 6.41. The normalized spacial score (nSPS) is 20.6. The lowest BCUT2D eigenvalue weighted by atomic mass is 9.82. The van der Waals surface area contributed by atoms with Gasteiger partial charge in [-0.3, -0.25) is 9.59 Å². The van der Waals surface area contributed by atoms with Gasteiger partial charge in [-0.15, -0.1) is 0 Å². The number of hydrogen-bond donors (Lipinski definition) is 1. The second-order valence-corrected chi connectivity index (χ2v) is 4.69. The van der Waals surface area contributed by atoms with Crippen LogP contribution in [0.2, 0.25) is 0 Å². The predicted molar refractivity (Wildman–Crippen MR) is 53.4 cm³/mol. The van der Waals surface area contributed by atoms with Crippen LogP contribution in [-0.2, 0) is 9.59 Å². The molecule has 0 radical (unpaired) electrons. The van der Waals surface area contributed by atoms with Gasteiger partial charge in [0.1, 0.15) is 6.42 Å². The Morgan fingerprint density at radius 2 is 1.79 bits per heavy atom. The molecule has 0 aromatic heterocycles. The van der Waals surface area contributed by atoms with Crippen LogP contribution in [0.4, 0.5) is 0 Å². The van der Waals surface area contributed by atoms with E-state index in [1.807, 2.05) is 0 Å². The van der Waals surface area contributed by atoms with E-state index in [0.29, 0.717) is 5.41 Å². The number of primary amides is 1. The first-order valence-electron chi connectivity index (χ1n) is 4.97. The highest BCUT2D eigenvalue weighted by Gasteiger charge is 2.27. The van der Waals surface area contributed by atoms with Crippen LogP contribution < -0.4 is 5.73 Å². The predicted octanol–water partition coefficient (Wildman–Crippen LogP) is 0.510. The molecule has 1 heterocycles. The summed E-state index contributed by atoms with van der Waals surface area (Å²) in [6.45, 7) is 5.89. The Morgan fingerprint density at radius 1 is 1.29 bits per heavy atom. The number of nitrogens with zero attached hydrogens (tertiary/aromatic N) is 1. The zero-order valence-corrected chi connectivity index (χ0v) is 8.88. The van der Waals surface area contributed by atoms with Gasteiger partial charge in [0.15, 0.2) is 0 Å². The maximum absolute atomic E-state index is 11.4. The van der Waals surface area contributed by atoms with Gasteiger partial charge >= 0.3 is 0 Å². The van der Waals surface area contributed by atoms with E-state index in [1.54, 1.807) is 4.90 Å². The molecule has 0 aromatic rings. The van der Waals surface area contributed by atoms with E-state index in [0.717, 1.165) is 25.9 Å². The van der Waals surface area contributed by atoms with Crippen LogP contribution in [0.15, 0.2) is 0 Å². The van der Waals surface area contributed by atoms with Gasteiger partial charge < -0.3 is 10.6 Å². The molecular weight excluding hydrogens is 180 g/mol. The average Bonchev–Trinajstić information content (AvgIpc) is 2.02. The molecule has 2 N–H and O–H groups in total. The number of hydrogen-bond acceptors (Lipinski definition) is 2. The van der Waals surface area contributed by atoms with E-state index in [9.17, 15) is 9.59 Å². The second kappa shape index (κ2) is 3.98. The summed E-state index contributed by atoms with van der Waals surface area (Å²) in [5, 5.41) is 0. The van der Waals surface area contributed by atoms with Gasteiger partial charge in [-0.25, -0.2) is 0 Å². The van der Waals surface area contributed by atoms with Gasteiger partial charge in [0.25, 0.3) is 0 Å². The number of rotatable bonds is 2. The van der Waals surface area contributed by atoms with E-state index in [1.165, 1.54) is 0 Å². The van der Waals surface area contributed by atoms with Crippen molar-refractivity contribution in [2.45, 2.75) is 33.1 Å². The fourth-order valence-corrected chi connectivity index (χ4v) is 1.62. The largest absolute Gasteiger partial charge is 0.369 e. The van der Waals surface area contributed by atoms with E-state index in [4.69, 9.17) is 5.73 Å². The van der Waals surface area contributed by atoms with Gasteiger partial charge in [0, 0.05) is 13.1 Å². The summed E-state index contributed by atoms with van der Waals surface area (Å²) in [6.07, 6.45) is 1.84. The van der Waals surface area contributed by atoms with E-state index >= 15 is 0 Å². The third kappa shape index (κ3) is 3.01. The van der Waals surface area contributed by atoms with Crippen molar-refractivity contribution in [3.05, 3.63) is 0 Å². The average molecular weight is 198 g/mol. The number of carbonyl (C=O) groups excluding carboxylic acids is 2. The zero-order valence-electron chi connectivity index (χ0n) is 8.88. The van der Waals surface area contributed by atoms with Crippen LogP contribution in [-0.4, -0.2) is 29.8 Å². The molecule has 1 aliphatic heterocycles. The van der Waals surface area contributed by atoms with Crippen molar-refractivity contribution < 1.29 is 9.59 Å². The highest BCUT2D eigenvalue weighted by atomic mass is 16.2. The fourth-order valence-electron chi connectivity index (χ4n) is 1.62. The molecule has 1 rings (SSSR count). The smallest absolute Gasteiger partial charge is 0.231 e. The van der Waals surface area contributed by atoms with Crippen LogP contribution in [0.5, 0.6) is 0 Å². The maximum atomic E-state index is 11.4. The Morgan fingerprint density at radius 3 is 2.21 bits per heavy atom. The van der Waals surface area contributed by atoms with Crippen molar-refractivity contribution >= 4 is 11.8 Å². The first-order valence-corrected chi connectivity index (χ1v) is 4.97. The minimum absolute atomic E-state index is 0.131. The number of piperidine rings is 1. The summed E-state index contributed by atoms with van der Waals surface area (Å²) >= 11 is 0. The molecule has 0 saturated carbocycles. The molecule has 4 heteroatoms. The van der Waals surface area contributed by atoms with Gasteiger partial charge in [0.05, 0.1) is 0 Å². The lowest BCUT2D eigenvalue weighted by Crippen LogP contribution is -2.42. The summed E-state index contributed by atoms with van der Waals surface area (Å²) in [5.74, 6) is -0.673. The molecule has 0 atom stereocenters. The number of likely N-dealkylation sites (tertiary alicyclic amines) is 1. The van der Waals surface area contributed by atoms with Crippen LogP contribution in [0.1, 0.15) is 33.1 Å². The third-order valence-electron chi connectivity index (χ3n) is 2.80. The quantitative estimate of drug-likeness (QED) is 0.657. The SMILES string of the molecule is CC1(C)CCN(C(=O)CC(N)=O)CC1. The minimum Gasteiger partial charge on any atom is -0.369 e. The van der Waals surface area contributed by atoms with E-state index in [2.05, 4.69) is 13.8 Å². The van der Waals surface area contributed by atoms with Crippen molar-refractivity contribution in [3.63, 3.8) is 0 Å². The Hall–Kier alpha value is -1.06. The Balaban J connectivity index is 2.42. The zero-order chi connectivity index (χ0) is 10.8. The maximum Gasteiger partial charge on any atom is 0.231 e. The van der Waals surface area contributed by atoms with Crippen molar-refractivity contribution in [3.8, 4) is 0 Å². The second-order valence-electron chi connectivity index (χ2n) is 4.69. The fraction of sp³-hybridized carbons (Fsp3) is 0.800. The topological polar surface area (TPSA) is 63.4 Å². The molecule has 14 heavy (non-hydrogen) atoms. The van der Waals surface area contributed by atoms with Crippen molar-refractivity contribution in [2.75, 3.05) is 13.1 Å². The van der Waals surface area contributed by atoms with Gasteiger partial charge in [-0.2, -0.15) is 0 Å². The molecule has 0 spiro atoms. The highest BCUT2D eigenvalue weighted by Crippen LogP contribution is 2.29. The van der Waals surface area contributed by atoms with Crippen LogP contribution in [0, 0.1) is 5.41 Å². The van der Waals surface area contributed by atoms with Crippen molar-refractivity contribution in [2.24, 2.45) is 11.1 Å². The Labute approximate surface area is 84.4 Å². The molecule has 80 valence electrons. The Kier molecular flexibility index (Phi) is 3.13. The van der Waals surface area contributed by atoms with Crippen molar-refractivity contribution in [1.82, 2.24) is 4.90 Å². The third-order valence-corrected chi connectivity index (χ3v) is 2.80. The van der Waals surface area contributed by atoms with Gasteiger partial charge in [-0.05, 0) is 18.3 Å². The molecule has 0 aliphatic carbocycles. The molecule has 4 nitrogen and oxygen atoms in total. The molecule has 0 aromatic carbocycles. The van der Waals surface area contributed by atoms with Gasteiger partial charge in [0.2, 0.25) is 11.8 Å². The van der Waals surface area contributed by atoms with Crippen LogP contribution in [0.25, 0.3) is 0 Å². The van der Waals surface area contributed by atoms with Crippen LogP contribution >= 0.6 is 0 Å². The molecular formula is C10H18N2O2. The lowest BCUT2D eigenvalue weighted by molar-refractivity contribution is -0.136. The summed E-state index contributed by atoms with van der Waals surface area (Å²) in [4.78, 5) is 23.7. The lowest BCUT2D eigenvalue weighted by Gasteiger charge is -2.36. The highest BCUT2D eigenvalue weighted by molar-refractivity contribution is 5.96. The molecule has 0 bridgehead atoms. The summed E-state index contributed by atoms with van der Waals surface area (Å²) < 4.78 is 0. The summed E-state index contributed by atoms with van der Waals surface area (Å²) in [7, 11) is 0. The van der Waals surface area contributed by atoms with Gasteiger partial charge in [-0.1, -0.05) is 13.8 Å². The number of amides is 2. The first kappa shape index (κ1) is 11.0. The summed E-state index contributed by atoms with van der Waals surface area (Å²) in [5.41, 5.74) is 5.29. The summed E-state index contributed by atoms with van der Waals surface area (Å²) in [6, 6.07) is 0. The Bertz CT molecular complexity index is 239. The molecule has 2 amide bonds. The number of carbonyl (C=O) groups is 2. The number of nitrogens with two attached hydrogens (primary N) is 1. The van der Waals surface area contributed by atoms with Crippen molar-refractivity contribution in [1.29, 1.82) is 0 Å². The monoisotopic (exact) mass is 198 g/mol. The minimum atomic E-state index is -0.542. The standard InChI is InChI=1S/C10H18N2O2/c1-10(2)3-5-12(6-4-10)9(14)7-8(11)13/h3-7H2,1-2H3,(H2,11,13). The molecule has 1 saturated heterocycles. The van der Waals surface area contributed by atoms with E-state index < -0.39 is 5.91 Å². The van der Waals surface area contributed by atoms with E-state index in [-0.39, 0.29) is 12.3 Å².